The van der Waals surface area contributed by atoms with Crippen molar-refractivity contribution < 1.29 is 4.74 Å². The Kier molecular flexibility index (Phi) is 5.35. The maximum atomic E-state index is 6.00. The average molecular weight is 422 g/mol. The minimum Gasteiger partial charge on any atom is -0.378 e. The number of rotatable bonds is 4. The number of anilines is 2. The van der Waals surface area contributed by atoms with Crippen LogP contribution in [0.2, 0.25) is 0 Å². The maximum absolute atomic E-state index is 6.00. The van der Waals surface area contributed by atoms with E-state index in [1.165, 1.54) is 0 Å². The molecule has 8 nitrogen and oxygen atoms in total. The Balaban J connectivity index is 1.47. The van der Waals surface area contributed by atoms with E-state index in [9.17, 15) is 0 Å². The molecule has 1 fully saturated rings. The third-order valence-electron chi connectivity index (χ3n) is 6.86. The van der Waals surface area contributed by atoms with Gasteiger partial charge in [-0.15, -0.1) is 0 Å². The fourth-order valence-electron chi connectivity index (χ4n) is 4.78. The van der Waals surface area contributed by atoms with Gasteiger partial charge in [-0.1, -0.05) is 6.92 Å². The molecule has 2 aromatic rings. The molecule has 31 heavy (non-hydrogen) atoms. The second-order valence-corrected chi connectivity index (χ2v) is 9.09. The summed E-state index contributed by atoms with van der Waals surface area (Å²) in [5, 5.41) is 0. The number of piperidine rings is 1. The molecule has 0 amide bonds. The molecule has 5 rings (SSSR count). The van der Waals surface area contributed by atoms with Gasteiger partial charge in [-0.2, -0.15) is 0 Å². The Morgan fingerprint density at radius 3 is 2.77 bits per heavy atom. The summed E-state index contributed by atoms with van der Waals surface area (Å²) in [4.78, 5) is 24.2. The second-order valence-electron chi connectivity index (χ2n) is 9.09. The minimum absolute atomic E-state index is 0.216. The lowest BCUT2D eigenvalue weighted by molar-refractivity contribution is 0.181. The number of aromatic nitrogens is 3. The molecule has 0 spiro atoms. The van der Waals surface area contributed by atoms with Crippen LogP contribution in [0.4, 0.5) is 11.5 Å². The number of aryl methyl sites for hydroxylation is 1. The number of amidine groups is 1. The second kappa shape index (κ2) is 8.16. The molecule has 2 aromatic heterocycles. The Morgan fingerprint density at radius 2 is 2.00 bits per heavy atom. The molecule has 1 saturated heterocycles. The quantitative estimate of drug-likeness (QED) is 0.810. The van der Waals surface area contributed by atoms with Gasteiger partial charge in [0.2, 0.25) is 0 Å². The first-order chi connectivity index (χ1) is 15.1. The number of hydrogen-bond acceptors (Lipinski definition) is 8. The predicted molar refractivity (Wildman–Crippen MR) is 121 cm³/mol. The first-order valence-electron chi connectivity index (χ1n) is 11.2. The molecule has 0 saturated carbocycles. The Labute approximate surface area is 183 Å². The van der Waals surface area contributed by atoms with Crippen LogP contribution in [0.1, 0.15) is 49.0 Å². The number of pyridine rings is 1. The highest BCUT2D eigenvalue weighted by Crippen LogP contribution is 2.34. The number of aliphatic imine (C=N–C) groups is 1. The number of fused-ring (bicyclic) bond motifs is 2. The molecule has 0 atom stereocenters. The summed E-state index contributed by atoms with van der Waals surface area (Å²) in [6.07, 6.45) is 6.05. The molecule has 3 aliphatic heterocycles. The van der Waals surface area contributed by atoms with Crippen LogP contribution in [0.15, 0.2) is 23.3 Å². The lowest BCUT2D eigenvalue weighted by Gasteiger charge is -2.39. The number of nitrogens with two attached hydrogens (primary N) is 1. The third kappa shape index (κ3) is 3.68. The van der Waals surface area contributed by atoms with Crippen molar-refractivity contribution >= 4 is 17.3 Å². The highest BCUT2D eigenvalue weighted by Gasteiger charge is 2.33. The fourth-order valence-corrected chi connectivity index (χ4v) is 4.78. The van der Waals surface area contributed by atoms with Crippen LogP contribution in [0.25, 0.3) is 0 Å². The summed E-state index contributed by atoms with van der Waals surface area (Å²) >= 11 is 0. The SMILES string of the molecule is COCc1nc2c(nc1N1CCC(C)(CN)CC1)CN=C2N1CCCc2ncccc21. The number of ether oxygens (including phenoxy) is 1. The van der Waals surface area contributed by atoms with Crippen molar-refractivity contribution in [3.63, 3.8) is 0 Å². The number of nitrogens with zero attached hydrogens (tertiary/aromatic N) is 6. The summed E-state index contributed by atoms with van der Waals surface area (Å²) in [5.74, 6) is 1.85. The Hall–Kier alpha value is -2.58. The van der Waals surface area contributed by atoms with Gasteiger partial charge >= 0.3 is 0 Å². The van der Waals surface area contributed by atoms with E-state index < -0.39 is 0 Å². The molecule has 0 radical (unpaired) electrons. The van der Waals surface area contributed by atoms with Crippen LogP contribution in [-0.4, -0.2) is 54.1 Å². The zero-order valence-electron chi connectivity index (χ0n) is 18.5. The van der Waals surface area contributed by atoms with Crippen molar-refractivity contribution in [1.82, 2.24) is 15.0 Å². The molecular formula is C23H31N7O. The lowest BCUT2D eigenvalue weighted by Crippen LogP contribution is -2.43. The van der Waals surface area contributed by atoms with Crippen molar-refractivity contribution in [2.45, 2.75) is 45.8 Å². The Morgan fingerprint density at radius 1 is 1.16 bits per heavy atom. The molecule has 3 aliphatic rings. The Bertz CT molecular complexity index is 997. The smallest absolute Gasteiger partial charge is 0.156 e. The molecule has 164 valence electrons. The van der Waals surface area contributed by atoms with Crippen molar-refractivity contribution in [3.8, 4) is 0 Å². The van der Waals surface area contributed by atoms with E-state index in [1.54, 1.807) is 7.11 Å². The third-order valence-corrected chi connectivity index (χ3v) is 6.86. The molecule has 0 aromatic carbocycles. The van der Waals surface area contributed by atoms with Gasteiger partial charge in [0.05, 0.1) is 30.2 Å². The summed E-state index contributed by atoms with van der Waals surface area (Å²) in [7, 11) is 1.71. The predicted octanol–water partition coefficient (Wildman–Crippen LogP) is 2.30. The first kappa shape index (κ1) is 20.3. The zero-order valence-corrected chi connectivity index (χ0v) is 18.5. The van der Waals surface area contributed by atoms with E-state index in [-0.39, 0.29) is 5.41 Å². The van der Waals surface area contributed by atoms with Crippen LogP contribution in [0.3, 0.4) is 0 Å². The first-order valence-corrected chi connectivity index (χ1v) is 11.2. The maximum Gasteiger partial charge on any atom is 0.156 e. The van der Waals surface area contributed by atoms with Crippen LogP contribution in [0.5, 0.6) is 0 Å². The molecular weight excluding hydrogens is 390 g/mol. The van der Waals surface area contributed by atoms with Crippen molar-refractivity contribution in [1.29, 1.82) is 0 Å². The van der Waals surface area contributed by atoms with Crippen molar-refractivity contribution in [2.75, 3.05) is 43.1 Å². The van der Waals surface area contributed by atoms with Gasteiger partial charge in [-0.3, -0.25) is 9.98 Å². The normalized spacial score (nSPS) is 19.8. The largest absolute Gasteiger partial charge is 0.378 e. The molecule has 5 heterocycles. The van der Waals surface area contributed by atoms with Crippen molar-refractivity contribution in [2.24, 2.45) is 16.1 Å². The van der Waals surface area contributed by atoms with Crippen LogP contribution in [0, 0.1) is 5.41 Å². The summed E-state index contributed by atoms with van der Waals surface area (Å²) in [6, 6.07) is 4.12. The minimum atomic E-state index is 0.216. The fraction of sp³-hybridized carbons (Fsp3) is 0.565. The average Bonchev–Trinajstić information content (AvgIpc) is 3.22. The molecule has 0 unspecified atom stereocenters. The van der Waals surface area contributed by atoms with Crippen LogP contribution < -0.4 is 15.5 Å². The topological polar surface area (TPSA) is 92.8 Å². The molecule has 0 bridgehead atoms. The van der Waals surface area contributed by atoms with Crippen LogP contribution in [-0.2, 0) is 24.3 Å². The standard InChI is InChI=1S/C23H31N7O/c1-23(15-24)7-11-29(12-8-23)21-18(14-31-2)27-20-17(28-21)13-26-22(20)30-10-4-5-16-19(30)6-3-9-25-16/h3,6,9H,4-5,7-8,10-15,24H2,1-2H3. The number of methoxy groups -OCH3 is 1. The van der Waals surface area contributed by atoms with Crippen LogP contribution >= 0.6 is 0 Å². The van der Waals surface area contributed by atoms with Gasteiger partial charge in [-0.25, -0.2) is 9.97 Å². The van der Waals surface area contributed by atoms with Gasteiger partial charge in [0.1, 0.15) is 11.4 Å². The van der Waals surface area contributed by atoms with E-state index in [0.29, 0.717) is 13.2 Å². The zero-order chi connectivity index (χ0) is 21.4. The van der Waals surface area contributed by atoms with E-state index in [4.69, 9.17) is 25.4 Å². The summed E-state index contributed by atoms with van der Waals surface area (Å²) < 4.78 is 5.51. The van der Waals surface area contributed by atoms with Gasteiger partial charge < -0.3 is 20.3 Å². The van der Waals surface area contributed by atoms with Gasteiger partial charge in [0.25, 0.3) is 0 Å². The van der Waals surface area contributed by atoms with E-state index in [0.717, 1.165) is 92.0 Å². The van der Waals surface area contributed by atoms with E-state index in [1.807, 2.05) is 12.3 Å². The number of hydrogen-bond donors (Lipinski definition) is 1. The van der Waals surface area contributed by atoms with Gasteiger partial charge in [0.15, 0.2) is 11.7 Å². The summed E-state index contributed by atoms with van der Waals surface area (Å²) in [6.45, 7) is 6.81. The van der Waals surface area contributed by atoms with Gasteiger partial charge in [0, 0.05) is 32.9 Å². The van der Waals surface area contributed by atoms with Crippen molar-refractivity contribution in [3.05, 3.63) is 41.1 Å². The lowest BCUT2D eigenvalue weighted by atomic mass is 9.80. The summed E-state index contributed by atoms with van der Waals surface area (Å²) in [5.41, 5.74) is 11.2. The molecule has 2 N–H and O–H groups in total. The van der Waals surface area contributed by atoms with E-state index in [2.05, 4.69) is 27.8 Å². The molecule has 0 aliphatic carbocycles. The van der Waals surface area contributed by atoms with E-state index >= 15 is 0 Å². The molecule has 8 heteroatoms. The monoisotopic (exact) mass is 421 g/mol. The highest BCUT2D eigenvalue weighted by molar-refractivity contribution is 6.11. The van der Waals surface area contributed by atoms with Gasteiger partial charge in [-0.05, 0) is 49.8 Å². The highest BCUT2D eigenvalue weighted by atomic mass is 16.5.